The van der Waals surface area contributed by atoms with E-state index < -0.39 is 11.8 Å². The molecule has 0 aliphatic carbocycles. The molecule has 0 aliphatic heterocycles. The first-order chi connectivity index (χ1) is 30.3. The molecule has 0 saturated carbocycles. The minimum atomic E-state index is -0.462. The Balaban J connectivity index is 0.000000263. The van der Waals surface area contributed by atoms with Gasteiger partial charge in [0, 0.05) is 56.7 Å². The second-order valence-corrected chi connectivity index (χ2v) is 14.3. The molecular formula is C50H36Br2N6Ni2O4. The molecule has 0 bridgehead atoms. The van der Waals surface area contributed by atoms with Gasteiger partial charge in [0.15, 0.2) is 0 Å². The summed E-state index contributed by atoms with van der Waals surface area (Å²) >= 11 is 6.72. The van der Waals surface area contributed by atoms with Crippen LogP contribution in [-0.4, -0.2) is 33.2 Å². The normalized spacial score (nSPS) is 11.0. The van der Waals surface area contributed by atoms with Crippen molar-refractivity contribution in [1.82, 2.24) is 9.97 Å². The Hall–Kier alpha value is -6.55. The molecule has 8 rings (SSSR count). The maximum absolute atomic E-state index is 12.3. The molecule has 0 radical (unpaired) electrons. The van der Waals surface area contributed by atoms with Gasteiger partial charge in [-0.3, -0.25) is 9.97 Å². The maximum Gasteiger partial charge on any atom is 2.00 e. The summed E-state index contributed by atoms with van der Waals surface area (Å²) in [5.41, 5.74) is 3.78. The first-order valence-corrected chi connectivity index (χ1v) is 20.4. The van der Waals surface area contributed by atoms with Crippen LogP contribution >= 0.6 is 31.9 Å². The van der Waals surface area contributed by atoms with E-state index in [-0.39, 0.29) is 44.5 Å². The average Bonchev–Trinajstić information content (AvgIpc) is 3.34. The number of halogens is 2. The molecule has 0 atom stereocenters. The Morgan fingerprint density at radius 3 is 0.906 bits per heavy atom. The first kappa shape index (κ1) is 51.8. The van der Waals surface area contributed by atoms with E-state index in [2.05, 4.69) is 62.2 Å². The fourth-order valence-electron chi connectivity index (χ4n) is 5.19. The van der Waals surface area contributed by atoms with Gasteiger partial charge in [-0.2, -0.15) is 20.4 Å². The largest absolute Gasteiger partial charge is 2.00 e. The van der Waals surface area contributed by atoms with Gasteiger partial charge in [-0.1, -0.05) is 189 Å². The van der Waals surface area contributed by atoms with Gasteiger partial charge in [-0.05, 0) is 70.8 Å². The number of hydrogen-bond donors (Lipinski definition) is 0. The molecule has 0 N–H and O–H groups in total. The zero-order chi connectivity index (χ0) is 43.8. The van der Waals surface area contributed by atoms with Crippen LogP contribution in [-0.2, 0) is 33.0 Å². The molecule has 0 amide bonds. The third-order valence-electron chi connectivity index (χ3n) is 8.14. The van der Waals surface area contributed by atoms with Crippen molar-refractivity contribution in [2.75, 3.05) is 0 Å². The monoisotopic (exact) mass is 1060 g/mol. The van der Waals surface area contributed by atoms with Crippen molar-refractivity contribution in [3.8, 4) is 11.5 Å². The molecule has 6 aromatic carbocycles. The quantitative estimate of drug-likeness (QED) is 0.0642. The summed E-state index contributed by atoms with van der Waals surface area (Å²) in [4.78, 5) is 7.57. The smallest absolute Gasteiger partial charge is 0.872 e. The molecule has 2 heterocycles. The molecule has 64 heavy (non-hydrogen) atoms. The van der Waals surface area contributed by atoms with Gasteiger partial charge >= 0.3 is 33.0 Å². The minimum absolute atomic E-state index is 0. The van der Waals surface area contributed by atoms with Gasteiger partial charge in [-0.25, -0.2) is 0 Å². The van der Waals surface area contributed by atoms with Crippen LogP contribution in [0.3, 0.4) is 0 Å². The number of rotatable bonds is 8. The summed E-state index contributed by atoms with van der Waals surface area (Å²) in [5.74, 6) is -1.30. The number of aromatic nitrogens is 2. The van der Waals surface area contributed by atoms with Crippen molar-refractivity contribution in [3.63, 3.8) is 0 Å². The van der Waals surface area contributed by atoms with E-state index >= 15 is 0 Å². The van der Waals surface area contributed by atoms with Crippen LogP contribution in [0.2, 0.25) is 0 Å². The summed E-state index contributed by atoms with van der Waals surface area (Å²) < 4.78 is 1.50. The van der Waals surface area contributed by atoms with Gasteiger partial charge in [-0.15, -0.1) is 0 Å². The predicted molar refractivity (Wildman–Crippen MR) is 246 cm³/mol. The zero-order valence-electron chi connectivity index (χ0n) is 33.5. The topological polar surface area (TPSA) is 167 Å². The number of nitrogens with zero attached hydrogens (tertiary/aromatic N) is 6. The molecule has 0 aliphatic rings. The molecule has 324 valence electrons. The molecule has 10 nitrogen and oxygen atoms in total. The van der Waals surface area contributed by atoms with Gasteiger partial charge in [0.25, 0.3) is 0 Å². The Kier molecular flexibility index (Phi) is 23.4. The third-order valence-corrected chi connectivity index (χ3v) is 9.13. The Labute approximate surface area is 408 Å². The molecule has 0 unspecified atom stereocenters. The summed E-state index contributed by atoms with van der Waals surface area (Å²) in [6.07, 6.45) is 7.00. The van der Waals surface area contributed by atoms with Crippen LogP contribution in [0, 0.1) is 0 Å². The van der Waals surface area contributed by atoms with Crippen LogP contribution in [0.25, 0.3) is 0 Å². The van der Waals surface area contributed by atoms with Gasteiger partial charge < -0.3 is 20.4 Å². The summed E-state index contributed by atoms with van der Waals surface area (Å²) in [6, 6.07) is 56.8. The van der Waals surface area contributed by atoms with Crippen LogP contribution in [0.1, 0.15) is 33.4 Å². The van der Waals surface area contributed by atoms with Crippen LogP contribution in [0.4, 0.5) is 0 Å². The Morgan fingerprint density at radius 2 is 0.641 bits per heavy atom. The molecule has 0 spiro atoms. The molecule has 0 saturated heterocycles. The van der Waals surface area contributed by atoms with E-state index in [0.29, 0.717) is 44.8 Å². The number of benzene rings is 6. The number of pyridine rings is 2. The molecule has 2 aromatic heterocycles. The molecule has 0 fully saturated rings. The average molecular weight is 1060 g/mol. The minimum Gasteiger partial charge on any atom is -0.872 e. The Bertz CT molecular complexity index is 2450. The van der Waals surface area contributed by atoms with E-state index in [0.717, 1.165) is 8.95 Å². The predicted octanol–water partition coefficient (Wildman–Crippen LogP) is 8.32. The fourth-order valence-corrected chi connectivity index (χ4v) is 5.92. The third kappa shape index (κ3) is 17.3. The van der Waals surface area contributed by atoms with E-state index in [9.17, 15) is 20.4 Å². The van der Waals surface area contributed by atoms with Crippen molar-refractivity contribution in [2.24, 2.45) is 20.4 Å². The zero-order valence-corrected chi connectivity index (χ0v) is 38.6. The van der Waals surface area contributed by atoms with Gasteiger partial charge in [0.05, 0.1) is 11.4 Å². The summed E-state index contributed by atoms with van der Waals surface area (Å²) in [5, 5.41) is 64.8. The molecule has 8 aromatic rings. The van der Waals surface area contributed by atoms with Crippen LogP contribution in [0.5, 0.6) is 11.5 Å². The second-order valence-electron chi connectivity index (χ2n) is 12.5. The first-order valence-electron chi connectivity index (χ1n) is 18.8. The van der Waals surface area contributed by atoms with Gasteiger partial charge in [0.1, 0.15) is 0 Å². The van der Waals surface area contributed by atoms with Crippen molar-refractivity contribution < 1.29 is 53.4 Å². The van der Waals surface area contributed by atoms with Gasteiger partial charge in [0.2, 0.25) is 0 Å². The maximum atomic E-state index is 12.3. The summed E-state index contributed by atoms with van der Waals surface area (Å²) in [6.45, 7) is 0. The van der Waals surface area contributed by atoms with Crippen molar-refractivity contribution >= 4 is 55.1 Å². The van der Waals surface area contributed by atoms with E-state index in [1.807, 2.05) is 109 Å². The van der Waals surface area contributed by atoms with Crippen LogP contribution in [0.15, 0.2) is 248 Å². The number of hydrogen-bond acceptors (Lipinski definition) is 10. The van der Waals surface area contributed by atoms with Crippen molar-refractivity contribution in [1.29, 1.82) is 0 Å². The fraction of sp³-hybridized carbons (Fsp3) is 0. The molecule has 14 heteroatoms. The molecular weight excluding hydrogens is 1030 g/mol. The Morgan fingerprint density at radius 1 is 0.359 bits per heavy atom. The van der Waals surface area contributed by atoms with Crippen LogP contribution < -0.4 is 20.4 Å². The van der Waals surface area contributed by atoms with E-state index in [1.165, 1.54) is 12.1 Å². The standard InChI is InChI=1S/2C20H15BrN2O2.2C5H5N.2Ni/c2*21-16-11-12-18(24)17(13-16)19(14-7-3-1-4-8-14)22-23-20(25)15-9-5-2-6-10-15;2*1-2-4-6-5-3-1;;/h2*1-13,24H,(H,23,25);2*1-5H;;/q;;;;2*+2/p-4/b2*22-19+;;;;. The SMILES string of the molecule is [Ni+2].[Ni+2].[O-]/C(=N\N=C(/c1ccccc1)c1cc(Br)ccc1[O-])c1ccccc1.[O-]/C(=N\N=C(/c1ccccc1)c1cc(Br)ccc1[O-])c1ccccc1.c1ccncc1.c1ccncc1. The second kappa shape index (κ2) is 28.9. The van der Waals surface area contributed by atoms with E-state index in [1.54, 1.807) is 97.6 Å². The van der Waals surface area contributed by atoms with Crippen molar-refractivity contribution in [3.05, 3.63) is 261 Å². The van der Waals surface area contributed by atoms with E-state index in [4.69, 9.17) is 0 Å². The summed E-state index contributed by atoms with van der Waals surface area (Å²) in [7, 11) is 0. The van der Waals surface area contributed by atoms with Crippen molar-refractivity contribution in [2.45, 2.75) is 0 Å².